The van der Waals surface area contributed by atoms with Crippen LogP contribution in [0.3, 0.4) is 0 Å². The Kier molecular flexibility index (Phi) is 5.10. The monoisotopic (exact) mass is 254 g/mol. The van der Waals surface area contributed by atoms with E-state index in [1.54, 1.807) is 0 Å². The van der Waals surface area contributed by atoms with Crippen molar-refractivity contribution in [1.82, 2.24) is 10.3 Å². The van der Waals surface area contributed by atoms with Gasteiger partial charge in [-0.05, 0) is 35.7 Å². The van der Waals surface area contributed by atoms with Gasteiger partial charge in [-0.1, -0.05) is 44.2 Å². The smallest absolute Gasteiger partial charge is 0.0447 e. The molecule has 0 amide bonds. The Labute approximate surface area is 115 Å². The van der Waals surface area contributed by atoms with Crippen LogP contribution in [0.2, 0.25) is 0 Å². The van der Waals surface area contributed by atoms with Gasteiger partial charge in [-0.25, -0.2) is 0 Å². The van der Waals surface area contributed by atoms with Gasteiger partial charge in [0.15, 0.2) is 0 Å². The van der Waals surface area contributed by atoms with Crippen molar-refractivity contribution in [3.63, 3.8) is 0 Å². The first kappa shape index (κ1) is 13.8. The quantitative estimate of drug-likeness (QED) is 0.855. The summed E-state index contributed by atoms with van der Waals surface area (Å²) in [5, 5.41) is 3.39. The fraction of sp³-hybridized carbons (Fsp3) is 0.353. The van der Waals surface area contributed by atoms with E-state index in [0.29, 0.717) is 0 Å². The second kappa shape index (κ2) is 7.05. The van der Waals surface area contributed by atoms with E-state index in [9.17, 15) is 0 Å². The lowest BCUT2D eigenvalue weighted by molar-refractivity contribution is 0.721. The molecule has 19 heavy (non-hydrogen) atoms. The van der Waals surface area contributed by atoms with E-state index < -0.39 is 0 Å². The summed E-state index contributed by atoms with van der Waals surface area (Å²) < 4.78 is 0. The number of hydrogen-bond donors (Lipinski definition) is 1. The van der Waals surface area contributed by atoms with E-state index in [0.717, 1.165) is 31.6 Å². The van der Waals surface area contributed by atoms with Crippen LogP contribution >= 0.6 is 0 Å². The van der Waals surface area contributed by atoms with Gasteiger partial charge in [0, 0.05) is 24.9 Å². The fourth-order valence-electron chi connectivity index (χ4n) is 2.13. The average Bonchev–Trinajstić information content (AvgIpc) is 2.47. The molecule has 0 saturated carbocycles. The average molecular weight is 254 g/mol. The topological polar surface area (TPSA) is 24.9 Å². The van der Waals surface area contributed by atoms with Crippen molar-refractivity contribution in [1.29, 1.82) is 0 Å². The molecule has 1 heterocycles. The number of pyridine rings is 1. The summed E-state index contributed by atoms with van der Waals surface area (Å²) in [6.07, 6.45) is 3.94. The van der Waals surface area contributed by atoms with Crippen LogP contribution in [0, 0.1) is 0 Å². The Hall–Kier alpha value is -1.67. The number of benzene rings is 1. The predicted octanol–water partition coefficient (Wildman–Crippen LogP) is 3.34. The van der Waals surface area contributed by atoms with Crippen LogP contribution in [0.15, 0.2) is 42.6 Å². The number of hydrogen-bond acceptors (Lipinski definition) is 2. The molecule has 2 nitrogen and oxygen atoms in total. The van der Waals surface area contributed by atoms with E-state index in [4.69, 9.17) is 0 Å². The third-order valence-electron chi connectivity index (χ3n) is 3.35. The number of nitrogens with one attached hydrogen (secondary N) is 1. The molecule has 0 aliphatic carbocycles. The molecular formula is C17H22N2. The van der Waals surface area contributed by atoms with E-state index in [2.05, 4.69) is 60.5 Å². The largest absolute Gasteiger partial charge is 0.313 e. The third-order valence-corrected chi connectivity index (χ3v) is 3.35. The van der Waals surface area contributed by atoms with Crippen molar-refractivity contribution in [2.45, 2.75) is 33.2 Å². The number of nitrogens with zero attached hydrogens (tertiary/aromatic N) is 1. The summed E-state index contributed by atoms with van der Waals surface area (Å²) in [5.41, 5.74) is 5.16. The summed E-state index contributed by atoms with van der Waals surface area (Å²) in [7, 11) is 0. The normalized spacial score (nSPS) is 10.6. The zero-order chi connectivity index (χ0) is 13.5. The number of aromatic nitrogens is 1. The van der Waals surface area contributed by atoms with Gasteiger partial charge < -0.3 is 5.32 Å². The molecule has 0 aliphatic heterocycles. The molecule has 2 heteroatoms. The molecule has 1 N–H and O–H groups in total. The Bertz CT molecular complexity index is 503. The van der Waals surface area contributed by atoms with Gasteiger partial charge in [0.25, 0.3) is 0 Å². The van der Waals surface area contributed by atoms with Gasteiger partial charge in [0.2, 0.25) is 0 Å². The summed E-state index contributed by atoms with van der Waals surface area (Å²) in [5.74, 6) is 0. The van der Waals surface area contributed by atoms with Crippen molar-refractivity contribution in [3.05, 3.63) is 65.0 Å². The Morgan fingerprint density at radius 3 is 2.42 bits per heavy atom. The van der Waals surface area contributed by atoms with Crippen LogP contribution in [-0.4, -0.2) is 11.5 Å². The summed E-state index contributed by atoms with van der Waals surface area (Å²) >= 11 is 0. The molecule has 0 atom stereocenters. The SMILES string of the molecule is CCNCc1ccccc1Cc1ccc(CC)cn1. The molecule has 0 radical (unpaired) electrons. The molecule has 1 aromatic carbocycles. The van der Waals surface area contributed by atoms with E-state index in [-0.39, 0.29) is 0 Å². The van der Waals surface area contributed by atoms with Gasteiger partial charge in [-0.2, -0.15) is 0 Å². The highest BCUT2D eigenvalue weighted by Crippen LogP contribution is 2.13. The minimum Gasteiger partial charge on any atom is -0.313 e. The Morgan fingerprint density at radius 2 is 1.79 bits per heavy atom. The predicted molar refractivity (Wildman–Crippen MR) is 80.2 cm³/mol. The maximum Gasteiger partial charge on any atom is 0.0447 e. The van der Waals surface area contributed by atoms with Crippen molar-refractivity contribution >= 4 is 0 Å². The van der Waals surface area contributed by atoms with Crippen molar-refractivity contribution in [3.8, 4) is 0 Å². The lowest BCUT2D eigenvalue weighted by Crippen LogP contribution is -2.13. The number of aryl methyl sites for hydroxylation is 1. The van der Waals surface area contributed by atoms with Crippen LogP contribution < -0.4 is 5.32 Å². The van der Waals surface area contributed by atoms with Crippen molar-refractivity contribution < 1.29 is 0 Å². The molecule has 2 rings (SSSR count). The molecule has 0 bridgehead atoms. The molecule has 2 aromatic rings. The third kappa shape index (κ3) is 3.90. The standard InChI is InChI=1S/C17H22N2/c1-3-14-9-10-17(19-12-14)11-15-7-5-6-8-16(15)13-18-4-2/h5-10,12,18H,3-4,11,13H2,1-2H3. The van der Waals surface area contributed by atoms with Gasteiger partial charge in [0.05, 0.1) is 0 Å². The van der Waals surface area contributed by atoms with Crippen LogP contribution in [0.4, 0.5) is 0 Å². The lowest BCUT2D eigenvalue weighted by atomic mass is 10.0. The minimum absolute atomic E-state index is 0.908. The van der Waals surface area contributed by atoms with Gasteiger partial charge in [0.1, 0.15) is 0 Å². The Balaban J connectivity index is 2.12. The molecule has 0 aliphatic rings. The van der Waals surface area contributed by atoms with E-state index in [1.807, 2.05) is 6.20 Å². The molecule has 1 aromatic heterocycles. The zero-order valence-corrected chi connectivity index (χ0v) is 11.8. The second-order valence-electron chi connectivity index (χ2n) is 4.74. The molecule has 0 fully saturated rings. The van der Waals surface area contributed by atoms with Crippen LogP contribution in [-0.2, 0) is 19.4 Å². The molecule has 100 valence electrons. The van der Waals surface area contributed by atoms with Gasteiger partial charge in [-0.15, -0.1) is 0 Å². The second-order valence-corrected chi connectivity index (χ2v) is 4.74. The summed E-state index contributed by atoms with van der Waals surface area (Å²) in [6, 6.07) is 12.9. The van der Waals surface area contributed by atoms with Crippen molar-refractivity contribution in [2.75, 3.05) is 6.54 Å². The number of rotatable bonds is 6. The zero-order valence-electron chi connectivity index (χ0n) is 11.8. The van der Waals surface area contributed by atoms with Gasteiger partial charge >= 0.3 is 0 Å². The maximum absolute atomic E-state index is 4.55. The summed E-state index contributed by atoms with van der Waals surface area (Å²) in [6.45, 7) is 6.22. The first-order chi connectivity index (χ1) is 9.33. The minimum atomic E-state index is 0.908. The van der Waals surface area contributed by atoms with Crippen LogP contribution in [0.5, 0.6) is 0 Å². The van der Waals surface area contributed by atoms with E-state index in [1.165, 1.54) is 16.7 Å². The molecular weight excluding hydrogens is 232 g/mol. The summed E-state index contributed by atoms with van der Waals surface area (Å²) in [4.78, 5) is 4.55. The molecule has 0 unspecified atom stereocenters. The van der Waals surface area contributed by atoms with Crippen LogP contribution in [0.1, 0.15) is 36.2 Å². The molecule has 0 saturated heterocycles. The first-order valence-electron chi connectivity index (χ1n) is 7.04. The highest BCUT2D eigenvalue weighted by Gasteiger charge is 2.03. The highest BCUT2D eigenvalue weighted by molar-refractivity contribution is 5.31. The maximum atomic E-state index is 4.55. The van der Waals surface area contributed by atoms with Gasteiger partial charge in [-0.3, -0.25) is 4.98 Å². The molecule has 0 spiro atoms. The Morgan fingerprint density at radius 1 is 1.00 bits per heavy atom. The van der Waals surface area contributed by atoms with E-state index >= 15 is 0 Å². The van der Waals surface area contributed by atoms with Crippen LogP contribution in [0.25, 0.3) is 0 Å². The van der Waals surface area contributed by atoms with Crippen molar-refractivity contribution in [2.24, 2.45) is 0 Å². The first-order valence-corrected chi connectivity index (χ1v) is 7.04. The fourth-order valence-corrected chi connectivity index (χ4v) is 2.13. The lowest BCUT2D eigenvalue weighted by Gasteiger charge is -2.10. The highest BCUT2D eigenvalue weighted by atomic mass is 14.8.